The number of halogens is 2. The zero-order chi connectivity index (χ0) is 14.1. The molecule has 0 unspecified atom stereocenters. The molecule has 1 aliphatic rings. The van der Waals surface area contributed by atoms with Crippen LogP contribution in [-0.4, -0.2) is 40.5 Å². The summed E-state index contributed by atoms with van der Waals surface area (Å²) in [6.45, 7) is 0.661. The summed E-state index contributed by atoms with van der Waals surface area (Å²) in [5.74, 6) is -0.295. The number of aromatic amines is 1. The molecule has 1 N–H and O–H groups in total. The highest BCUT2D eigenvalue weighted by Crippen LogP contribution is 2.24. The van der Waals surface area contributed by atoms with Gasteiger partial charge in [0.15, 0.2) is 0 Å². The largest absolute Gasteiger partial charge is 0.416 e. The molecular formula is C13H13F2N3O2. The Morgan fingerprint density at radius 3 is 2.90 bits per heavy atom. The number of nitrogens with one attached hydrogen (secondary N) is 1. The molecule has 1 aliphatic heterocycles. The van der Waals surface area contributed by atoms with Crippen LogP contribution in [0, 0.1) is 5.82 Å². The van der Waals surface area contributed by atoms with E-state index in [1.54, 1.807) is 0 Å². The topological polar surface area (TPSA) is 58.2 Å². The van der Waals surface area contributed by atoms with Gasteiger partial charge in [-0.25, -0.2) is 13.6 Å². The second-order valence-corrected chi connectivity index (χ2v) is 4.75. The van der Waals surface area contributed by atoms with Crippen molar-refractivity contribution in [1.29, 1.82) is 0 Å². The van der Waals surface area contributed by atoms with Crippen molar-refractivity contribution in [3.05, 3.63) is 24.0 Å². The maximum Gasteiger partial charge on any atom is 0.416 e. The lowest BCUT2D eigenvalue weighted by atomic mass is 10.1. The van der Waals surface area contributed by atoms with Gasteiger partial charge in [-0.2, -0.15) is 0 Å². The zero-order valence-electron chi connectivity index (χ0n) is 10.6. The molecule has 5 nitrogen and oxygen atoms in total. The number of ether oxygens (including phenoxy) is 1. The maximum absolute atomic E-state index is 13.0. The van der Waals surface area contributed by atoms with Crippen LogP contribution in [0.3, 0.4) is 0 Å². The van der Waals surface area contributed by atoms with Gasteiger partial charge in [0.25, 0.3) is 5.88 Å². The highest BCUT2D eigenvalue weighted by Gasteiger charge is 2.24. The van der Waals surface area contributed by atoms with Crippen LogP contribution in [0.4, 0.5) is 13.6 Å². The second kappa shape index (κ2) is 5.07. The van der Waals surface area contributed by atoms with E-state index in [9.17, 15) is 13.6 Å². The third kappa shape index (κ3) is 2.43. The van der Waals surface area contributed by atoms with E-state index in [4.69, 9.17) is 4.74 Å². The number of fused-ring (bicyclic) bond motifs is 1. The molecular weight excluding hydrogens is 268 g/mol. The third-order valence-electron chi connectivity index (χ3n) is 3.36. The molecule has 0 atom stereocenters. The molecule has 0 bridgehead atoms. The van der Waals surface area contributed by atoms with Crippen molar-refractivity contribution in [2.45, 2.75) is 19.0 Å². The fraction of sp³-hybridized carbons (Fsp3) is 0.385. The monoisotopic (exact) mass is 281 g/mol. The van der Waals surface area contributed by atoms with Gasteiger partial charge >= 0.3 is 6.09 Å². The summed E-state index contributed by atoms with van der Waals surface area (Å²) in [5.41, 5.74) is 0.454. The standard InChI is InChI=1S/C13H13F2N3O2/c14-8-3-5-18(6-4-8)13(19)20-12-10-2-1-9(15)7-11(10)16-17-12/h1-2,7-8H,3-6H2,(H,16,17). The van der Waals surface area contributed by atoms with Crippen LogP contribution in [0.15, 0.2) is 18.2 Å². The van der Waals surface area contributed by atoms with Crippen LogP contribution in [0.5, 0.6) is 5.88 Å². The molecule has 1 aromatic carbocycles. The summed E-state index contributed by atoms with van der Waals surface area (Å²) < 4.78 is 31.2. The Hall–Kier alpha value is -2.18. The highest BCUT2D eigenvalue weighted by atomic mass is 19.1. The highest BCUT2D eigenvalue weighted by molar-refractivity contribution is 5.86. The predicted octanol–water partition coefficient (Wildman–Crippen LogP) is 2.63. The molecule has 0 spiro atoms. The number of alkyl halides is 1. The molecule has 1 amide bonds. The van der Waals surface area contributed by atoms with Crippen LogP contribution in [-0.2, 0) is 0 Å². The number of hydrogen-bond acceptors (Lipinski definition) is 3. The molecule has 2 heterocycles. The summed E-state index contributed by atoms with van der Waals surface area (Å²) in [5, 5.41) is 6.98. The first-order valence-electron chi connectivity index (χ1n) is 6.38. The normalized spacial score (nSPS) is 16.6. The molecule has 1 fully saturated rings. The van der Waals surface area contributed by atoms with Crippen molar-refractivity contribution in [2.24, 2.45) is 0 Å². The van der Waals surface area contributed by atoms with Gasteiger partial charge in [0.05, 0.1) is 10.9 Å². The number of hydrogen-bond donors (Lipinski definition) is 1. The number of benzene rings is 1. The lowest BCUT2D eigenvalue weighted by Gasteiger charge is -2.27. The minimum Gasteiger partial charge on any atom is -0.389 e. The molecule has 0 radical (unpaired) electrons. The smallest absolute Gasteiger partial charge is 0.389 e. The molecule has 2 aromatic rings. The number of aromatic nitrogens is 2. The number of piperidine rings is 1. The number of amides is 1. The van der Waals surface area contributed by atoms with Crippen LogP contribution in [0.1, 0.15) is 12.8 Å². The molecule has 0 saturated carbocycles. The van der Waals surface area contributed by atoms with Gasteiger partial charge in [0.1, 0.15) is 12.0 Å². The fourth-order valence-corrected chi connectivity index (χ4v) is 2.22. The van der Waals surface area contributed by atoms with E-state index in [1.165, 1.54) is 23.1 Å². The summed E-state index contributed by atoms with van der Waals surface area (Å²) in [6.07, 6.45) is -0.772. The van der Waals surface area contributed by atoms with E-state index in [-0.39, 0.29) is 5.88 Å². The molecule has 20 heavy (non-hydrogen) atoms. The number of nitrogens with zero attached hydrogens (tertiary/aromatic N) is 2. The van der Waals surface area contributed by atoms with Crippen molar-refractivity contribution in [2.75, 3.05) is 13.1 Å². The maximum atomic E-state index is 13.0. The van der Waals surface area contributed by atoms with Crippen molar-refractivity contribution < 1.29 is 18.3 Å². The number of carbonyl (C=O) groups excluding carboxylic acids is 1. The predicted molar refractivity (Wildman–Crippen MR) is 67.8 cm³/mol. The second-order valence-electron chi connectivity index (χ2n) is 4.75. The van der Waals surface area contributed by atoms with E-state index < -0.39 is 18.1 Å². The fourth-order valence-electron chi connectivity index (χ4n) is 2.22. The average molecular weight is 281 g/mol. The van der Waals surface area contributed by atoms with E-state index in [1.807, 2.05) is 0 Å². The van der Waals surface area contributed by atoms with Gasteiger partial charge in [-0.15, -0.1) is 5.10 Å². The van der Waals surface area contributed by atoms with Gasteiger partial charge in [0.2, 0.25) is 0 Å². The number of rotatable bonds is 1. The Kier molecular flexibility index (Phi) is 3.25. The Balaban J connectivity index is 1.74. The number of likely N-dealkylation sites (tertiary alicyclic amines) is 1. The van der Waals surface area contributed by atoms with Gasteiger partial charge < -0.3 is 9.64 Å². The summed E-state index contributed by atoms with van der Waals surface area (Å²) in [7, 11) is 0. The Morgan fingerprint density at radius 2 is 2.15 bits per heavy atom. The summed E-state index contributed by atoms with van der Waals surface area (Å²) in [6, 6.07) is 4.03. The van der Waals surface area contributed by atoms with E-state index >= 15 is 0 Å². The number of carbonyl (C=O) groups is 1. The molecule has 0 aliphatic carbocycles. The molecule has 106 valence electrons. The Labute approximate surface area is 113 Å². The average Bonchev–Trinajstić information content (AvgIpc) is 2.81. The zero-order valence-corrected chi connectivity index (χ0v) is 10.6. The van der Waals surface area contributed by atoms with Crippen LogP contribution < -0.4 is 4.74 Å². The minimum absolute atomic E-state index is 0.104. The summed E-state index contributed by atoms with van der Waals surface area (Å²) in [4.78, 5) is 13.4. The molecule has 1 saturated heterocycles. The van der Waals surface area contributed by atoms with Crippen molar-refractivity contribution in [3.63, 3.8) is 0 Å². The van der Waals surface area contributed by atoms with Gasteiger partial charge in [-0.05, 0) is 31.0 Å². The van der Waals surface area contributed by atoms with Gasteiger partial charge in [0, 0.05) is 13.1 Å². The van der Waals surface area contributed by atoms with Crippen LogP contribution in [0.2, 0.25) is 0 Å². The van der Waals surface area contributed by atoms with E-state index in [0.29, 0.717) is 36.8 Å². The quantitative estimate of drug-likeness (QED) is 0.874. The SMILES string of the molecule is O=C(Oc1n[nH]c2cc(F)ccc12)N1CCC(F)CC1. The Morgan fingerprint density at radius 1 is 1.40 bits per heavy atom. The van der Waals surface area contributed by atoms with Crippen LogP contribution >= 0.6 is 0 Å². The minimum atomic E-state index is -0.853. The van der Waals surface area contributed by atoms with Gasteiger partial charge in [-0.3, -0.25) is 5.10 Å². The Bertz CT molecular complexity index is 636. The molecule has 3 rings (SSSR count). The van der Waals surface area contributed by atoms with Crippen molar-refractivity contribution >= 4 is 17.0 Å². The molecule has 7 heteroatoms. The molecule has 1 aromatic heterocycles. The van der Waals surface area contributed by atoms with E-state index in [0.717, 1.165) is 0 Å². The van der Waals surface area contributed by atoms with Crippen LogP contribution in [0.25, 0.3) is 10.9 Å². The third-order valence-corrected chi connectivity index (χ3v) is 3.36. The first kappa shape index (κ1) is 12.8. The van der Waals surface area contributed by atoms with E-state index in [2.05, 4.69) is 10.2 Å². The van der Waals surface area contributed by atoms with Gasteiger partial charge in [-0.1, -0.05) is 0 Å². The lowest BCUT2D eigenvalue weighted by Crippen LogP contribution is -2.40. The van der Waals surface area contributed by atoms with Crippen molar-refractivity contribution in [1.82, 2.24) is 15.1 Å². The lowest BCUT2D eigenvalue weighted by molar-refractivity contribution is 0.119. The first-order valence-corrected chi connectivity index (χ1v) is 6.38. The number of H-pyrrole nitrogens is 1. The summed E-state index contributed by atoms with van der Waals surface area (Å²) >= 11 is 0. The van der Waals surface area contributed by atoms with Crippen molar-refractivity contribution in [3.8, 4) is 5.88 Å². The first-order chi connectivity index (χ1) is 9.63.